The number of hydrogen-bond acceptors (Lipinski definition) is 5. The first kappa shape index (κ1) is 17.4. The number of carbonyl (C=O) groups is 1. The van der Waals surface area contributed by atoms with Crippen LogP contribution in [0.25, 0.3) is 10.2 Å². The molecule has 0 spiro atoms. The highest BCUT2D eigenvalue weighted by molar-refractivity contribution is 7.12. The van der Waals surface area contributed by atoms with Crippen molar-refractivity contribution in [3.8, 4) is 0 Å². The van der Waals surface area contributed by atoms with E-state index in [4.69, 9.17) is 0 Å². The number of aromatic nitrogens is 3. The second kappa shape index (κ2) is 6.26. The third-order valence-electron chi connectivity index (χ3n) is 3.23. The monoisotopic (exact) mass is 348 g/mol. The molecule has 0 aliphatic heterocycles. The number of aryl methyl sites for hydroxylation is 1. The van der Waals surface area contributed by atoms with Gasteiger partial charge in [-0.05, 0) is 32.3 Å². The number of halogens is 3. The molecule has 126 valence electrons. The number of carbonyl (C=O) groups excluding carboxylic acids is 1. The molecule has 0 unspecified atom stereocenters. The van der Waals surface area contributed by atoms with Crippen LogP contribution < -0.4 is 5.56 Å². The number of alkyl halides is 3. The summed E-state index contributed by atoms with van der Waals surface area (Å²) >= 11 is 1.06. The van der Waals surface area contributed by atoms with Gasteiger partial charge in [0, 0.05) is 6.04 Å². The van der Waals surface area contributed by atoms with Gasteiger partial charge in [-0.1, -0.05) is 0 Å². The molecule has 0 radical (unpaired) electrons. The van der Waals surface area contributed by atoms with Crippen LogP contribution in [0.3, 0.4) is 0 Å². The fraction of sp³-hybridized carbons (Fsp3) is 0.538. The molecule has 0 saturated heterocycles. The Morgan fingerprint density at radius 1 is 1.43 bits per heavy atom. The molecular formula is C13H15F3N4O2S. The molecule has 2 aromatic heterocycles. The molecule has 0 N–H and O–H groups in total. The Labute approximate surface area is 133 Å². The maximum atomic E-state index is 12.6. The second-order valence-corrected chi connectivity index (χ2v) is 6.11. The zero-order chi connectivity index (χ0) is 17.4. The summed E-state index contributed by atoms with van der Waals surface area (Å²) < 4.78 is 42.8. The maximum Gasteiger partial charge on any atom is 0.406 e. The topological polar surface area (TPSA) is 68.1 Å². The first-order valence-electron chi connectivity index (χ1n) is 6.78. The highest BCUT2D eigenvalue weighted by atomic mass is 32.1. The minimum absolute atomic E-state index is 0.289. The normalized spacial score (nSPS) is 12.1. The quantitative estimate of drug-likeness (QED) is 0.847. The van der Waals surface area contributed by atoms with Crippen molar-refractivity contribution in [1.82, 2.24) is 18.8 Å². The van der Waals surface area contributed by atoms with Crippen LogP contribution in [0, 0.1) is 6.92 Å². The van der Waals surface area contributed by atoms with Gasteiger partial charge in [0.2, 0.25) is 5.91 Å². The predicted octanol–water partition coefficient (Wildman–Crippen LogP) is 1.96. The first-order valence-corrected chi connectivity index (χ1v) is 7.55. The molecule has 10 heteroatoms. The lowest BCUT2D eigenvalue weighted by Gasteiger charge is -2.27. The number of nitrogens with zero attached hydrogens (tertiary/aromatic N) is 4. The molecule has 0 atom stereocenters. The van der Waals surface area contributed by atoms with Gasteiger partial charge in [-0.2, -0.15) is 17.5 Å². The van der Waals surface area contributed by atoms with Gasteiger partial charge in [-0.15, -0.1) is 0 Å². The van der Waals surface area contributed by atoms with Gasteiger partial charge in [-0.3, -0.25) is 14.2 Å². The summed E-state index contributed by atoms with van der Waals surface area (Å²) in [6, 6.07) is -0.638. The number of rotatable bonds is 4. The molecule has 0 bridgehead atoms. The molecule has 0 fully saturated rings. The van der Waals surface area contributed by atoms with E-state index in [9.17, 15) is 22.8 Å². The molecule has 0 saturated carbocycles. The molecule has 2 aromatic rings. The van der Waals surface area contributed by atoms with Crippen molar-refractivity contribution >= 4 is 27.7 Å². The van der Waals surface area contributed by atoms with Crippen LogP contribution in [0.1, 0.15) is 19.5 Å². The maximum absolute atomic E-state index is 12.6. The summed E-state index contributed by atoms with van der Waals surface area (Å²) in [6.45, 7) is 2.76. The molecule has 6 nitrogen and oxygen atoms in total. The highest BCUT2D eigenvalue weighted by Crippen LogP contribution is 2.19. The SMILES string of the molecule is Cc1nsc2ncn(CC(=O)N(CC(F)(F)F)C(C)C)c(=O)c12. The second-order valence-electron chi connectivity index (χ2n) is 5.36. The van der Waals surface area contributed by atoms with E-state index in [1.54, 1.807) is 6.92 Å². The lowest BCUT2D eigenvalue weighted by molar-refractivity contribution is -0.165. The Bertz CT molecular complexity index is 782. The summed E-state index contributed by atoms with van der Waals surface area (Å²) in [5.41, 5.74) is 0.00520. The summed E-state index contributed by atoms with van der Waals surface area (Å²) in [5.74, 6) is -0.790. The van der Waals surface area contributed by atoms with E-state index < -0.39 is 36.8 Å². The molecule has 2 heterocycles. The first-order chi connectivity index (χ1) is 10.6. The third kappa shape index (κ3) is 3.87. The van der Waals surface area contributed by atoms with Crippen LogP contribution in [0.5, 0.6) is 0 Å². The Hall–Kier alpha value is -1.97. The van der Waals surface area contributed by atoms with Crippen molar-refractivity contribution in [2.24, 2.45) is 0 Å². The fourth-order valence-electron chi connectivity index (χ4n) is 2.11. The summed E-state index contributed by atoms with van der Waals surface area (Å²) in [5, 5.41) is 0.289. The molecule has 0 aliphatic carbocycles. The van der Waals surface area contributed by atoms with Crippen molar-refractivity contribution < 1.29 is 18.0 Å². The minimum atomic E-state index is -4.50. The average Bonchev–Trinajstić information content (AvgIpc) is 2.80. The largest absolute Gasteiger partial charge is 0.406 e. The van der Waals surface area contributed by atoms with Gasteiger partial charge in [0.1, 0.15) is 13.1 Å². The van der Waals surface area contributed by atoms with Crippen LogP contribution >= 0.6 is 11.5 Å². The van der Waals surface area contributed by atoms with Gasteiger partial charge in [0.15, 0.2) is 4.83 Å². The predicted molar refractivity (Wildman–Crippen MR) is 79.3 cm³/mol. The van der Waals surface area contributed by atoms with E-state index in [-0.39, 0.29) is 5.39 Å². The molecule has 1 amide bonds. The van der Waals surface area contributed by atoms with Crippen molar-refractivity contribution in [3.05, 3.63) is 22.4 Å². The van der Waals surface area contributed by atoms with Crippen LogP contribution in [0.15, 0.2) is 11.1 Å². The van der Waals surface area contributed by atoms with Gasteiger partial charge in [0.25, 0.3) is 5.56 Å². The van der Waals surface area contributed by atoms with E-state index in [0.717, 1.165) is 22.4 Å². The number of amides is 1. The smallest absolute Gasteiger partial charge is 0.330 e. The van der Waals surface area contributed by atoms with Crippen LogP contribution in [0.2, 0.25) is 0 Å². The van der Waals surface area contributed by atoms with Crippen LogP contribution in [-0.2, 0) is 11.3 Å². The van der Waals surface area contributed by atoms with Crippen molar-refractivity contribution in [1.29, 1.82) is 0 Å². The average molecular weight is 348 g/mol. The minimum Gasteiger partial charge on any atom is -0.330 e. The molecule has 0 aromatic carbocycles. The van der Waals surface area contributed by atoms with Crippen molar-refractivity contribution in [2.45, 2.75) is 39.5 Å². The van der Waals surface area contributed by atoms with Gasteiger partial charge >= 0.3 is 6.18 Å². The Morgan fingerprint density at radius 3 is 2.65 bits per heavy atom. The molecule has 2 rings (SSSR count). The standard InChI is InChI=1S/C13H15F3N4O2S/c1-7(2)20(5-13(14,15)16)9(21)4-19-6-17-11-10(12(19)22)8(3)18-23-11/h6-7H,4-5H2,1-3H3. The summed E-state index contributed by atoms with van der Waals surface area (Å²) in [7, 11) is 0. The summed E-state index contributed by atoms with van der Waals surface area (Å²) in [6.07, 6.45) is -3.34. The van der Waals surface area contributed by atoms with E-state index in [0.29, 0.717) is 15.4 Å². The van der Waals surface area contributed by atoms with Crippen LogP contribution in [0.4, 0.5) is 13.2 Å². The molecule has 0 aliphatic rings. The third-order valence-corrected chi connectivity index (χ3v) is 4.08. The van der Waals surface area contributed by atoms with Crippen molar-refractivity contribution in [2.75, 3.05) is 6.54 Å². The van der Waals surface area contributed by atoms with E-state index in [1.165, 1.54) is 13.8 Å². The lowest BCUT2D eigenvalue weighted by atomic mass is 10.3. The zero-order valence-corrected chi connectivity index (χ0v) is 13.5. The Kier molecular flexibility index (Phi) is 4.73. The molecule has 23 heavy (non-hydrogen) atoms. The highest BCUT2D eigenvalue weighted by Gasteiger charge is 2.34. The number of hydrogen-bond donors (Lipinski definition) is 0. The Morgan fingerprint density at radius 2 is 2.09 bits per heavy atom. The zero-order valence-electron chi connectivity index (χ0n) is 12.7. The van der Waals surface area contributed by atoms with Gasteiger partial charge in [0.05, 0.1) is 17.4 Å². The lowest BCUT2D eigenvalue weighted by Crippen LogP contribution is -2.45. The van der Waals surface area contributed by atoms with E-state index in [2.05, 4.69) is 9.36 Å². The number of fused-ring (bicyclic) bond motifs is 1. The van der Waals surface area contributed by atoms with Gasteiger partial charge in [-0.25, -0.2) is 4.98 Å². The van der Waals surface area contributed by atoms with Crippen LogP contribution in [-0.4, -0.2) is 43.5 Å². The Balaban J connectivity index is 2.30. The molecular weight excluding hydrogens is 333 g/mol. The summed E-state index contributed by atoms with van der Waals surface area (Å²) in [4.78, 5) is 29.6. The van der Waals surface area contributed by atoms with E-state index >= 15 is 0 Å². The van der Waals surface area contributed by atoms with E-state index in [1.807, 2.05) is 0 Å². The van der Waals surface area contributed by atoms with Crippen molar-refractivity contribution in [3.63, 3.8) is 0 Å². The van der Waals surface area contributed by atoms with Gasteiger partial charge < -0.3 is 4.90 Å². The fourth-order valence-corrected chi connectivity index (χ4v) is 2.85.